The van der Waals surface area contributed by atoms with Crippen molar-refractivity contribution in [1.29, 1.82) is 0 Å². The zero-order valence-electron chi connectivity index (χ0n) is 27.4. The zero-order chi connectivity index (χ0) is 32.5. The molecule has 5 heterocycles. The Morgan fingerprint density at radius 3 is 2.63 bits per heavy atom. The molecule has 7 rings (SSSR count). The van der Waals surface area contributed by atoms with Crippen LogP contribution in [0, 0.1) is 18.2 Å². The summed E-state index contributed by atoms with van der Waals surface area (Å²) < 4.78 is 30.5. The molecule has 3 saturated heterocycles. The number of ether oxygens (including phenoxy) is 2. The number of nitrogens with zero attached hydrogens (tertiary/aromatic N) is 7. The molecular formula is C34H41ClFN7O3. The van der Waals surface area contributed by atoms with E-state index in [1.165, 1.54) is 0 Å². The summed E-state index contributed by atoms with van der Waals surface area (Å²) in [4.78, 5) is 28.4. The third-order valence-electron chi connectivity index (χ3n) is 9.72. The van der Waals surface area contributed by atoms with Crippen molar-refractivity contribution < 1.29 is 18.7 Å². The summed E-state index contributed by atoms with van der Waals surface area (Å²) in [5.41, 5.74) is 2.20. The van der Waals surface area contributed by atoms with Crippen LogP contribution < -0.4 is 9.64 Å². The van der Waals surface area contributed by atoms with Gasteiger partial charge >= 0.3 is 12.1 Å². The maximum Gasteiger partial charge on any atom is 0.410 e. The minimum Gasteiger partial charge on any atom is -0.462 e. The van der Waals surface area contributed by atoms with Gasteiger partial charge in [0.1, 0.15) is 23.5 Å². The van der Waals surface area contributed by atoms with Crippen molar-refractivity contribution in [3.63, 3.8) is 0 Å². The summed E-state index contributed by atoms with van der Waals surface area (Å²) in [5, 5.41) is 6.13. The molecule has 10 nitrogen and oxygen atoms in total. The average Bonchev–Trinajstić information content (AvgIpc) is 3.70. The van der Waals surface area contributed by atoms with Crippen molar-refractivity contribution in [2.45, 2.75) is 58.6 Å². The van der Waals surface area contributed by atoms with E-state index >= 15 is 4.39 Å². The number of halogens is 2. The molecule has 3 aliphatic heterocycles. The lowest BCUT2D eigenvalue weighted by atomic mass is 9.79. The molecule has 2 aromatic heterocycles. The van der Waals surface area contributed by atoms with Gasteiger partial charge in [0, 0.05) is 66.6 Å². The molecule has 1 amide bonds. The van der Waals surface area contributed by atoms with E-state index in [4.69, 9.17) is 26.1 Å². The maximum absolute atomic E-state index is 17.0. The molecule has 3 aliphatic rings. The zero-order valence-corrected chi connectivity index (χ0v) is 28.1. The number of aryl methyl sites for hydroxylation is 2. The molecule has 4 aromatic rings. The molecule has 0 unspecified atom stereocenters. The predicted octanol–water partition coefficient (Wildman–Crippen LogP) is 6.20. The van der Waals surface area contributed by atoms with Crippen LogP contribution in [0.1, 0.15) is 45.6 Å². The lowest BCUT2D eigenvalue weighted by Gasteiger charge is -2.47. The number of carbonyl (C=O) groups is 1. The van der Waals surface area contributed by atoms with E-state index in [9.17, 15) is 4.79 Å². The molecule has 2 aromatic carbocycles. The normalized spacial score (nSPS) is 19.9. The van der Waals surface area contributed by atoms with Crippen LogP contribution in [-0.2, 0) is 11.8 Å². The lowest BCUT2D eigenvalue weighted by molar-refractivity contribution is -0.0266. The lowest BCUT2D eigenvalue weighted by Crippen LogP contribution is -2.60. The third-order valence-corrected chi connectivity index (χ3v) is 10.0. The minimum atomic E-state index is -0.547. The Kier molecular flexibility index (Phi) is 7.55. The Hall–Kier alpha value is -3.70. The average molecular weight is 650 g/mol. The van der Waals surface area contributed by atoms with Gasteiger partial charge in [-0.1, -0.05) is 23.7 Å². The number of aromatic nitrogens is 4. The molecule has 0 bridgehead atoms. The van der Waals surface area contributed by atoms with Crippen LogP contribution in [-0.4, -0.2) is 93.7 Å². The number of carbonyl (C=O) groups excluding carboxylic acids is 1. The van der Waals surface area contributed by atoms with Gasteiger partial charge in [-0.05, 0) is 72.2 Å². The molecule has 1 atom stereocenters. The van der Waals surface area contributed by atoms with Crippen molar-refractivity contribution in [3.8, 4) is 17.1 Å². The summed E-state index contributed by atoms with van der Waals surface area (Å²) in [6, 6.07) is 6.12. The van der Waals surface area contributed by atoms with Crippen LogP contribution in [0.15, 0.2) is 24.4 Å². The van der Waals surface area contributed by atoms with Gasteiger partial charge in [0.2, 0.25) is 0 Å². The summed E-state index contributed by atoms with van der Waals surface area (Å²) in [5.74, 6) is 0.0784. The molecule has 1 spiro atoms. The molecule has 0 aliphatic carbocycles. The highest BCUT2D eigenvalue weighted by Crippen LogP contribution is 2.46. The van der Waals surface area contributed by atoms with E-state index in [0.717, 1.165) is 42.3 Å². The number of fused-ring (bicyclic) bond motifs is 2. The monoisotopic (exact) mass is 649 g/mol. The quantitative estimate of drug-likeness (QED) is 0.252. The topological polar surface area (TPSA) is 88.9 Å². The predicted molar refractivity (Wildman–Crippen MR) is 177 cm³/mol. The van der Waals surface area contributed by atoms with Gasteiger partial charge in [-0.3, -0.25) is 4.68 Å². The van der Waals surface area contributed by atoms with Gasteiger partial charge < -0.3 is 24.2 Å². The van der Waals surface area contributed by atoms with Crippen LogP contribution in [0.5, 0.6) is 6.01 Å². The fourth-order valence-corrected chi connectivity index (χ4v) is 7.62. The Balaban J connectivity index is 1.28. The fourth-order valence-electron chi connectivity index (χ4n) is 7.33. The number of hydrogen-bond donors (Lipinski definition) is 0. The molecule has 46 heavy (non-hydrogen) atoms. The van der Waals surface area contributed by atoms with Crippen LogP contribution in [0.2, 0.25) is 5.02 Å². The van der Waals surface area contributed by atoms with Crippen molar-refractivity contribution in [1.82, 2.24) is 29.5 Å². The first kappa shape index (κ1) is 30.9. The second-order valence-corrected chi connectivity index (χ2v) is 14.7. The highest BCUT2D eigenvalue weighted by molar-refractivity contribution is 6.35. The maximum atomic E-state index is 17.0. The number of likely N-dealkylation sites (tertiary alicyclic amines) is 2. The molecule has 12 heteroatoms. The van der Waals surface area contributed by atoms with Crippen molar-refractivity contribution in [2.24, 2.45) is 12.5 Å². The second-order valence-electron chi connectivity index (χ2n) is 14.3. The first-order chi connectivity index (χ1) is 21.8. The molecule has 3 fully saturated rings. The third kappa shape index (κ3) is 5.41. The Bertz CT molecular complexity index is 1850. The largest absolute Gasteiger partial charge is 0.462 e. The fraction of sp³-hybridized carbons (Fsp3) is 0.529. The summed E-state index contributed by atoms with van der Waals surface area (Å²) in [7, 11) is 3.93. The van der Waals surface area contributed by atoms with Gasteiger partial charge in [0.15, 0.2) is 5.82 Å². The van der Waals surface area contributed by atoms with Gasteiger partial charge in [-0.25, -0.2) is 9.18 Å². The number of benzene rings is 2. The molecule has 0 saturated carbocycles. The van der Waals surface area contributed by atoms with E-state index in [2.05, 4.69) is 26.9 Å². The van der Waals surface area contributed by atoms with E-state index < -0.39 is 11.4 Å². The number of rotatable bonds is 5. The SMILES string of the molecule is Cc1ccc2cnn(C)c2c1-c1c(Cl)cc2c(N3CCC4(CN(C(=O)OC(C)(C)C)C4)C3)nc(OC[C@@H]3CCCN3C)nc2c1F. The highest BCUT2D eigenvalue weighted by Gasteiger charge is 2.51. The van der Waals surface area contributed by atoms with E-state index in [-0.39, 0.29) is 39.7 Å². The van der Waals surface area contributed by atoms with Crippen LogP contribution in [0.25, 0.3) is 32.9 Å². The summed E-state index contributed by atoms with van der Waals surface area (Å²) in [6.07, 6.45) is 4.49. The van der Waals surface area contributed by atoms with Crippen LogP contribution in [0.3, 0.4) is 0 Å². The van der Waals surface area contributed by atoms with Crippen molar-refractivity contribution in [2.75, 3.05) is 51.3 Å². The number of anilines is 1. The number of likely N-dealkylation sites (N-methyl/N-ethyl adjacent to an activating group) is 1. The standard InChI is InChI=1S/C34H41ClFN7O3/c1-20-9-10-21-15-37-41(6)29(21)25(20)26-24(35)14-23-28(27(26)36)38-31(45-16-22-8-7-12-40(22)5)39-30(23)42-13-11-34(17-42)18-43(19-34)32(44)46-33(2,3)4/h9-10,14-15,22H,7-8,11-13,16-19H2,1-6H3/t22-/m0/s1. The first-order valence-corrected chi connectivity index (χ1v) is 16.4. The number of amides is 1. The second kappa shape index (κ2) is 11.2. The van der Waals surface area contributed by atoms with Gasteiger partial charge in [-0.15, -0.1) is 0 Å². The van der Waals surface area contributed by atoms with Gasteiger partial charge in [0.25, 0.3) is 0 Å². The Morgan fingerprint density at radius 2 is 1.91 bits per heavy atom. The first-order valence-electron chi connectivity index (χ1n) is 16.0. The Labute approximate surface area is 273 Å². The molecule has 0 N–H and O–H groups in total. The van der Waals surface area contributed by atoms with E-state index in [1.54, 1.807) is 21.8 Å². The Morgan fingerprint density at radius 1 is 1.13 bits per heavy atom. The highest BCUT2D eigenvalue weighted by atomic mass is 35.5. The smallest absolute Gasteiger partial charge is 0.410 e. The van der Waals surface area contributed by atoms with E-state index in [0.29, 0.717) is 49.6 Å². The summed E-state index contributed by atoms with van der Waals surface area (Å²) in [6.45, 7) is 11.6. The molecule has 244 valence electrons. The summed E-state index contributed by atoms with van der Waals surface area (Å²) >= 11 is 6.98. The van der Waals surface area contributed by atoms with Gasteiger partial charge in [0.05, 0.1) is 16.7 Å². The van der Waals surface area contributed by atoms with Crippen molar-refractivity contribution >= 4 is 45.3 Å². The van der Waals surface area contributed by atoms with Crippen molar-refractivity contribution in [3.05, 3.63) is 40.8 Å². The molecular weight excluding hydrogens is 609 g/mol. The number of hydrogen-bond acceptors (Lipinski definition) is 8. The minimum absolute atomic E-state index is 0.0870. The molecule has 0 radical (unpaired) electrons. The van der Waals surface area contributed by atoms with Crippen LogP contribution >= 0.6 is 11.6 Å². The van der Waals surface area contributed by atoms with E-state index in [1.807, 2.05) is 46.9 Å². The van der Waals surface area contributed by atoms with Gasteiger partial charge in [-0.2, -0.15) is 15.1 Å². The van der Waals surface area contributed by atoms with Crippen LogP contribution in [0.4, 0.5) is 15.0 Å².